The van der Waals surface area contributed by atoms with Gasteiger partial charge in [-0.2, -0.15) is 0 Å². The fourth-order valence-electron chi connectivity index (χ4n) is 2.40. The summed E-state index contributed by atoms with van der Waals surface area (Å²) in [4.78, 5) is 8.63. The number of anilines is 3. The molecule has 0 radical (unpaired) electrons. The first-order chi connectivity index (χ1) is 10.0. The Balaban J connectivity index is 2.12. The highest BCUT2D eigenvalue weighted by atomic mass is 79.9. The highest BCUT2D eigenvalue weighted by Crippen LogP contribution is 2.30. The fraction of sp³-hybridized carbons (Fsp3) is 0.125. The molecule has 3 aromatic rings. The molecule has 3 N–H and O–H groups in total. The summed E-state index contributed by atoms with van der Waals surface area (Å²) in [7, 11) is 0. The van der Waals surface area contributed by atoms with E-state index in [0.29, 0.717) is 5.69 Å². The van der Waals surface area contributed by atoms with Gasteiger partial charge in [-0.15, -0.1) is 0 Å². The van der Waals surface area contributed by atoms with Gasteiger partial charge in [0, 0.05) is 21.2 Å². The minimum Gasteiger partial charge on any atom is -0.399 e. The lowest BCUT2D eigenvalue weighted by atomic mass is 10.1. The number of halogens is 1. The predicted molar refractivity (Wildman–Crippen MR) is 90.8 cm³/mol. The van der Waals surface area contributed by atoms with Crippen molar-refractivity contribution in [1.82, 2.24) is 9.97 Å². The number of hydrogen-bond acceptors (Lipinski definition) is 4. The van der Waals surface area contributed by atoms with E-state index in [1.165, 1.54) is 0 Å². The molecule has 0 unspecified atom stereocenters. The van der Waals surface area contributed by atoms with E-state index in [4.69, 9.17) is 5.73 Å². The molecule has 0 fully saturated rings. The Morgan fingerprint density at radius 1 is 1.05 bits per heavy atom. The predicted octanol–water partition coefficient (Wildman–Crippen LogP) is 4.33. The van der Waals surface area contributed by atoms with E-state index >= 15 is 0 Å². The largest absolute Gasteiger partial charge is 0.399 e. The van der Waals surface area contributed by atoms with Crippen molar-refractivity contribution in [3.8, 4) is 0 Å². The lowest BCUT2D eigenvalue weighted by Gasteiger charge is -2.14. The summed E-state index contributed by atoms with van der Waals surface area (Å²) < 4.78 is 1.07. The van der Waals surface area contributed by atoms with Gasteiger partial charge in [0.25, 0.3) is 0 Å². The van der Waals surface area contributed by atoms with Gasteiger partial charge >= 0.3 is 0 Å². The average Bonchev–Trinajstić information content (AvgIpc) is 2.43. The third kappa shape index (κ3) is 2.69. The first-order valence-corrected chi connectivity index (χ1v) is 7.38. The third-order valence-corrected chi connectivity index (χ3v) is 3.86. The Labute approximate surface area is 131 Å². The molecule has 0 amide bonds. The SMILES string of the molecule is Cc1cc(Br)cc(C)c1Nc1ncnc2ccc(N)cc12. The summed E-state index contributed by atoms with van der Waals surface area (Å²) in [6.45, 7) is 4.13. The zero-order chi connectivity index (χ0) is 15.0. The third-order valence-electron chi connectivity index (χ3n) is 3.40. The molecule has 0 saturated heterocycles. The van der Waals surface area contributed by atoms with Crippen LogP contribution in [0.1, 0.15) is 11.1 Å². The molecule has 0 bridgehead atoms. The first kappa shape index (κ1) is 13.8. The second-order valence-corrected chi connectivity index (χ2v) is 5.95. The second kappa shape index (κ2) is 5.33. The van der Waals surface area contributed by atoms with Crippen molar-refractivity contribution in [2.75, 3.05) is 11.1 Å². The molecule has 3 rings (SSSR count). The highest BCUT2D eigenvalue weighted by molar-refractivity contribution is 9.10. The minimum atomic E-state index is 0.699. The molecule has 0 saturated carbocycles. The van der Waals surface area contributed by atoms with Crippen molar-refractivity contribution in [2.45, 2.75) is 13.8 Å². The van der Waals surface area contributed by atoms with Crippen molar-refractivity contribution in [2.24, 2.45) is 0 Å². The molecule has 4 nitrogen and oxygen atoms in total. The molecule has 5 heteroatoms. The van der Waals surface area contributed by atoms with Crippen LogP contribution in [0.2, 0.25) is 0 Å². The number of nitrogens with zero attached hydrogens (tertiary/aromatic N) is 2. The van der Waals surface area contributed by atoms with E-state index in [1.54, 1.807) is 6.33 Å². The van der Waals surface area contributed by atoms with Gasteiger partial charge in [-0.3, -0.25) is 0 Å². The lowest BCUT2D eigenvalue weighted by molar-refractivity contribution is 1.21. The molecular formula is C16H15BrN4. The highest BCUT2D eigenvalue weighted by Gasteiger charge is 2.09. The molecule has 1 aromatic heterocycles. The summed E-state index contributed by atoms with van der Waals surface area (Å²) in [6.07, 6.45) is 1.56. The minimum absolute atomic E-state index is 0.699. The average molecular weight is 343 g/mol. The van der Waals surface area contributed by atoms with Gasteiger partial charge in [-0.1, -0.05) is 15.9 Å². The smallest absolute Gasteiger partial charge is 0.141 e. The summed E-state index contributed by atoms with van der Waals surface area (Å²) in [5.74, 6) is 0.765. The van der Waals surface area contributed by atoms with Gasteiger partial charge < -0.3 is 11.1 Å². The van der Waals surface area contributed by atoms with Crippen LogP contribution >= 0.6 is 15.9 Å². The van der Waals surface area contributed by atoms with E-state index in [9.17, 15) is 0 Å². The van der Waals surface area contributed by atoms with Crippen LogP contribution in [0.25, 0.3) is 10.9 Å². The molecule has 2 aromatic carbocycles. The Morgan fingerprint density at radius 3 is 2.48 bits per heavy atom. The zero-order valence-electron chi connectivity index (χ0n) is 11.8. The number of nitrogen functional groups attached to an aromatic ring is 1. The Morgan fingerprint density at radius 2 is 1.76 bits per heavy atom. The monoisotopic (exact) mass is 342 g/mol. The standard InChI is InChI=1S/C16H15BrN4/c1-9-5-11(17)6-10(2)15(9)21-16-13-7-12(18)3-4-14(13)19-8-20-16/h3-8H,18H2,1-2H3,(H,19,20,21). The quantitative estimate of drug-likeness (QED) is 0.680. The van der Waals surface area contributed by atoms with Gasteiger partial charge in [0.2, 0.25) is 0 Å². The number of rotatable bonds is 2. The van der Waals surface area contributed by atoms with E-state index in [0.717, 1.165) is 38.0 Å². The van der Waals surface area contributed by atoms with Crippen molar-refractivity contribution < 1.29 is 0 Å². The van der Waals surface area contributed by atoms with Crippen molar-refractivity contribution in [3.05, 3.63) is 52.3 Å². The molecule has 106 valence electrons. The van der Waals surface area contributed by atoms with E-state index in [-0.39, 0.29) is 0 Å². The molecule has 1 heterocycles. The Hall–Kier alpha value is -2.14. The number of aryl methyl sites for hydroxylation is 2. The van der Waals surface area contributed by atoms with Crippen molar-refractivity contribution in [1.29, 1.82) is 0 Å². The molecule has 0 aliphatic heterocycles. The second-order valence-electron chi connectivity index (χ2n) is 5.04. The van der Waals surface area contributed by atoms with E-state index < -0.39 is 0 Å². The maximum absolute atomic E-state index is 5.88. The molecule has 0 atom stereocenters. The summed E-state index contributed by atoms with van der Waals surface area (Å²) in [5, 5.41) is 4.33. The first-order valence-electron chi connectivity index (χ1n) is 6.58. The van der Waals surface area contributed by atoms with Gasteiger partial charge in [0.05, 0.1) is 5.52 Å². The fourth-order valence-corrected chi connectivity index (χ4v) is 3.09. The van der Waals surface area contributed by atoms with Crippen LogP contribution in [0.15, 0.2) is 41.1 Å². The summed E-state index contributed by atoms with van der Waals surface area (Å²) >= 11 is 3.51. The van der Waals surface area contributed by atoms with E-state index in [2.05, 4.69) is 57.2 Å². The molecule has 0 aliphatic rings. The van der Waals surface area contributed by atoms with E-state index in [1.807, 2.05) is 18.2 Å². The summed E-state index contributed by atoms with van der Waals surface area (Å²) in [5.41, 5.74) is 10.8. The number of nitrogens with one attached hydrogen (secondary N) is 1. The van der Waals surface area contributed by atoms with Crippen LogP contribution in [0.3, 0.4) is 0 Å². The van der Waals surface area contributed by atoms with Gasteiger partial charge in [0.15, 0.2) is 0 Å². The molecule has 21 heavy (non-hydrogen) atoms. The Bertz CT molecular complexity index is 807. The maximum atomic E-state index is 5.88. The zero-order valence-corrected chi connectivity index (χ0v) is 13.4. The Kier molecular flexibility index (Phi) is 3.51. The number of aromatic nitrogens is 2. The van der Waals surface area contributed by atoms with Crippen LogP contribution in [0, 0.1) is 13.8 Å². The number of hydrogen-bond donors (Lipinski definition) is 2. The molecule has 0 spiro atoms. The lowest BCUT2D eigenvalue weighted by Crippen LogP contribution is -2.00. The van der Waals surface area contributed by atoms with Crippen LogP contribution in [-0.4, -0.2) is 9.97 Å². The van der Waals surface area contributed by atoms with Crippen LogP contribution < -0.4 is 11.1 Å². The molecule has 0 aliphatic carbocycles. The normalized spacial score (nSPS) is 10.8. The number of fused-ring (bicyclic) bond motifs is 1. The molecular weight excluding hydrogens is 328 g/mol. The van der Waals surface area contributed by atoms with Crippen LogP contribution in [0.4, 0.5) is 17.2 Å². The summed E-state index contributed by atoms with van der Waals surface area (Å²) in [6, 6.07) is 9.79. The van der Waals surface area contributed by atoms with Crippen molar-refractivity contribution in [3.63, 3.8) is 0 Å². The van der Waals surface area contributed by atoms with Gasteiger partial charge in [0.1, 0.15) is 12.1 Å². The number of benzene rings is 2. The van der Waals surface area contributed by atoms with Gasteiger partial charge in [-0.05, 0) is 55.3 Å². The van der Waals surface area contributed by atoms with Gasteiger partial charge in [-0.25, -0.2) is 9.97 Å². The van der Waals surface area contributed by atoms with Crippen LogP contribution in [0.5, 0.6) is 0 Å². The number of nitrogens with two attached hydrogens (primary N) is 1. The maximum Gasteiger partial charge on any atom is 0.141 e. The van der Waals surface area contributed by atoms with Crippen molar-refractivity contribution >= 4 is 44.0 Å². The topological polar surface area (TPSA) is 63.8 Å². The van der Waals surface area contributed by atoms with Crippen LogP contribution in [-0.2, 0) is 0 Å².